The van der Waals surface area contributed by atoms with Crippen molar-refractivity contribution < 1.29 is 4.74 Å². The van der Waals surface area contributed by atoms with Crippen LogP contribution in [0.5, 0.6) is 0 Å². The number of ether oxygens (including phenoxy) is 1. The fourth-order valence-electron chi connectivity index (χ4n) is 10.6. The Morgan fingerprint density at radius 2 is 1.67 bits per heavy atom. The zero-order valence-corrected chi connectivity index (χ0v) is 19.9. The maximum absolute atomic E-state index is 6.96. The average molecular weight is 415 g/mol. The van der Waals surface area contributed by atoms with Gasteiger partial charge in [-0.05, 0) is 117 Å². The van der Waals surface area contributed by atoms with Gasteiger partial charge in [0.05, 0.1) is 12.2 Å². The highest BCUT2D eigenvalue weighted by Crippen LogP contribution is 2.69. The highest BCUT2D eigenvalue weighted by Gasteiger charge is 2.65. The lowest BCUT2D eigenvalue weighted by molar-refractivity contribution is -0.157. The highest BCUT2D eigenvalue weighted by atomic mass is 16.5. The summed E-state index contributed by atoms with van der Waals surface area (Å²) in [5.74, 6) is 5.93. The molecule has 4 saturated carbocycles. The van der Waals surface area contributed by atoms with E-state index < -0.39 is 0 Å². The van der Waals surface area contributed by atoms with Gasteiger partial charge in [0.15, 0.2) is 0 Å². The Balaban J connectivity index is 1.28. The number of piperidine rings is 1. The van der Waals surface area contributed by atoms with E-state index in [9.17, 15) is 0 Å². The number of nitrogens with two attached hydrogens (primary N) is 1. The molecule has 2 saturated heterocycles. The van der Waals surface area contributed by atoms with Gasteiger partial charge < -0.3 is 15.8 Å². The molecule has 0 unspecified atom stereocenters. The molecule has 0 spiro atoms. The molecule has 0 aromatic heterocycles. The molecule has 170 valence electrons. The Hall–Kier alpha value is -0.120. The van der Waals surface area contributed by atoms with E-state index >= 15 is 0 Å². The van der Waals surface area contributed by atoms with Gasteiger partial charge >= 0.3 is 0 Å². The summed E-state index contributed by atoms with van der Waals surface area (Å²) in [5.41, 5.74) is 7.47. The zero-order chi connectivity index (χ0) is 20.8. The van der Waals surface area contributed by atoms with Crippen LogP contribution in [0.3, 0.4) is 0 Å². The summed E-state index contributed by atoms with van der Waals surface area (Å²) in [6, 6.07) is 1.05. The summed E-state index contributed by atoms with van der Waals surface area (Å²) in [5, 5.41) is 3.91. The van der Waals surface area contributed by atoms with Crippen molar-refractivity contribution in [3.05, 3.63) is 0 Å². The second-order valence-corrected chi connectivity index (χ2v) is 13.3. The van der Waals surface area contributed by atoms with E-state index in [2.05, 4.69) is 33.0 Å². The van der Waals surface area contributed by atoms with Crippen LogP contribution in [0.15, 0.2) is 0 Å². The van der Waals surface area contributed by atoms with Crippen molar-refractivity contribution in [3.8, 4) is 0 Å². The Bertz CT molecular complexity index is 682. The van der Waals surface area contributed by atoms with Crippen LogP contribution in [-0.2, 0) is 4.74 Å². The van der Waals surface area contributed by atoms with Crippen LogP contribution in [-0.4, -0.2) is 30.8 Å². The number of rotatable bonds is 0. The maximum Gasteiger partial charge on any atom is 0.0737 e. The normalized spacial score (nSPS) is 62.5. The van der Waals surface area contributed by atoms with Crippen LogP contribution >= 0.6 is 0 Å². The number of nitrogens with one attached hydrogen (secondary N) is 1. The maximum atomic E-state index is 6.96. The van der Waals surface area contributed by atoms with Crippen molar-refractivity contribution in [2.45, 2.75) is 110 Å². The molecule has 3 N–H and O–H groups in total. The third kappa shape index (κ3) is 2.73. The topological polar surface area (TPSA) is 47.3 Å². The first kappa shape index (κ1) is 20.5. The molecule has 6 aliphatic rings. The Kier molecular flexibility index (Phi) is 4.74. The molecule has 13 atom stereocenters. The molecule has 4 aliphatic carbocycles. The molecule has 0 radical (unpaired) electrons. The molecule has 6 rings (SSSR count). The summed E-state index contributed by atoms with van der Waals surface area (Å²) < 4.78 is 6.96. The van der Waals surface area contributed by atoms with Crippen molar-refractivity contribution in [3.63, 3.8) is 0 Å². The van der Waals surface area contributed by atoms with E-state index in [4.69, 9.17) is 10.5 Å². The van der Waals surface area contributed by atoms with Crippen molar-refractivity contribution in [1.82, 2.24) is 5.32 Å². The third-order valence-corrected chi connectivity index (χ3v) is 12.0. The van der Waals surface area contributed by atoms with Gasteiger partial charge in [0, 0.05) is 12.1 Å². The summed E-state index contributed by atoms with van der Waals surface area (Å²) >= 11 is 0. The Labute approximate surface area is 184 Å². The molecule has 2 heterocycles. The van der Waals surface area contributed by atoms with E-state index in [0.717, 1.165) is 41.4 Å². The molecule has 0 aromatic carbocycles. The fourth-order valence-corrected chi connectivity index (χ4v) is 10.6. The first-order valence-corrected chi connectivity index (χ1v) is 13.5. The predicted octanol–water partition coefficient (Wildman–Crippen LogP) is 4.98. The van der Waals surface area contributed by atoms with Crippen LogP contribution in [0, 0.1) is 52.3 Å². The number of hydrogen-bond acceptors (Lipinski definition) is 3. The fraction of sp³-hybridized carbons (Fsp3) is 1.00. The minimum Gasteiger partial charge on any atom is -0.373 e. The molecule has 0 amide bonds. The van der Waals surface area contributed by atoms with E-state index in [1.165, 1.54) is 64.3 Å². The minimum absolute atomic E-state index is 0.456. The van der Waals surface area contributed by atoms with Crippen LogP contribution in [0.4, 0.5) is 0 Å². The molecule has 3 nitrogen and oxygen atoms in total. The van der Waals surface area contributed by atoms with Crippen molar-refractivity contribution in [2.24, 2.45) is 58.0 Å². The highest BCUT2D eigenvalue weighted by molar-refractivity contribution is 5.14. The van der Waals surface area contributed by atoms with Crippen LogP contribution < -0.4 is 11.1 Å². The largest absolute Gasteiger partial charge is 0.373 e. The van der Waals surface area contributed by atoms with Gasteiger partial charge in [0.1, 0.15) is 0 Å². The van der Waals surface area contributed by atoms with Crippen molar-refractivity contribution >= 4 is 0 Å². The molecular weight excluding hydrogens is 368 g/mol. The van der Waals surface area contributed by atoms with Gasteiger partial charge in [-0.2, -0.15) is 0 Å². The van der Waals surface area contributed by atoms with E-state index in [1.54, 1.807) is 0 Å². The summed E-state index contributed by atoms with van der Waals surface area (Å²) in [4.78, 5) is 0. The lowest BCUT2D eigenvalue weighted by Crippen LogP contribution is -2.61. The molecule has 2 aliphatic heterocycles. The van der Waals surface area contributed by atoms with Crippen molar-refractivity contribution in [2.75, 3.05) is 6.54 Å². The minimum atomic E-state index is 0.456. The molecule has 3 heteroatoms. The molecule has 6 fully saturated rings. The SMILES string of the molecule is C[C@H]1CN[C@@H]2[C@@H](C)[C@H]3[C@@H](C[C@H]4[C@@H]5CC[C@H]6C[C@@H](N)CC[C@]6(C)[C@H]5CC[C@]34C)O[C@H]2C1. The van der Waals surface area contributed by atoms with E-state index in [0.29, 0.717) is 35.1 Å². The van der Waals surface area contributed by atoms with E-state index in [1.807, 2.05) is 0 Å². The summed E-state index contributed by atoms with van der Waals surface area (Å²) in [6.07, 6.45) is 13.3. The summed E-state index contributed by atoms with van der Waals surface area (Å²) in [7, 11) is 0. The predicted molar refractivity (Wildman–Crippen MR) is 122 cm³/mol. The smallest absolute Gasteiger partial charge is 0.0737 e. The Morgan fingerprint density at radius 3 is 2.50 bits per heavy atom. The monoisotopic (exact) mass is 414 g/mol. The lowest BCUT2D eigenvalue weighted by Gasteiger charge is -2.61. The van der Waals surface area contributed by atoms with Crippen molar-refractivity contribution in [1.29, 1.82) is 0 Å². The quantitative estimate of drug-likeness (QED) is 0.587. The zero-order valence-electron chi connectivity index (χ0n) is 19.9. The second kappa shape index (κ2) is 6.94. The molecular formula is C27H46N2O. The van der Waals surface area contributed by atoms with Crippen LogP contribution in [0.25, 0.3) is 0 Å². The average Bonchev–Trinajstić information content (AvgIpc) is 3.01. The summed E-state index contributed by atoms with van der Waals surface area (Å²) in [6.45, 7) is 11.5. The third-order valence-electron chi connectivity index (χ3n) is 12.0. The second-order valence-electron chi connectivity index (χ2n) is 13.3. The van der Waals surface area contributed by atoms with Crippen LogP contribution in [0.2, 0.25) is 0 Å². The van der Waals surface area contributed by atoms with Gasteiger partial charge in [0.2, 0.25) is 0 Å². The van der Waals surface area contributed by atoms with Gasteiger partial charge in [-0.3, -0.25) is 0 Å². The van der Waals surface area contributed by atoms with Crippen LogP contribution in [0.1, 0.15) is 85.5 Å². The number of fused-ring (bicyclic) bond motifs is 8. The molecule has 0 aromatic rings. The first-order valence-electron chi connectivity index (χ1n) is 13.5. The Morgan fingerprint density at radius 1 is 0.867 bits per heavy atom. The van der Waals surface area contributed by atoms with Gasteiger partial charge in [-0.15, -0.1) is 0 Å². The molecule has 0 bridgehead atoms. The van der Waals surface area contributed by atoms with Gasteiger partial charge in [-0.25, -0.2) is 0 Å². The van der Waals surface area contributed by atoms with Gasteiger partial charge in [-0.1, -0.05) is 27.7 Å². The van der Waals surface area contributed by atoms with Gasteiger partial charge in [0.25, 0.3) is 0 Å². The van der Waals surface area contributed by atoms with E-state index in [-0.39, 0.29) is 0 Å². The lowest BCUT2D eigenvalue weighted by atomic mass is 9.44. The molecule has 30 heavy (non-hydrogen) atoms. The standard InChI is InChI=1S/C27H46N2O/c1-15-11-23-25(29-14-15)16(2)24-22(30-23)13-21-19-6-5-17-12-18(28)7-9-26(17,3)20(19)8-10-27(21,24)4/h15-25,29H,5-14,28H2,1-4H3/t15-,16+,17+,18+,19-,20+,21+,22-,23+,24+,25-,26+,27+/m1/s1. The first-order chi connectivity index (χ1) is 14.3. The number of hydrogen-bond donors (Lipinski definition) is 2.